The first kappa shape index (κ1) is 18.8. The zero-order valence-corrected chi connectivity index (χ0v) is 15.1. The lowest BCUT2D eigenvalue weighted by atomic mass is 10.1. The van der Waals surface area contributed by atoms with Gasteiger partial charge in [-0.1, -0.05) is 6.92 Å². The number of hydrogen-bond acceptors (Lipinski definition) is 4. The summed E-state index contributed by atoms with van der Waals surface area (Å²) in [5.74, 6) is -0.960. The summed E-state index contributed by atoms with van der Waals surface area (Å²) in [6.45, 7) is 2.25. The number of alkyl halides is 3. The highest BCUT2D eigenvalue weighted by molar-refractivity contribution is 9.11. The molecule has 0 atom stereocenters. The Bertz CT molecular complexity index is 716. The molecule has 0 bridgehead atoms. The molecule has 1 heterocycles. The van der Waals surface area contributed by atoms with Crippen LogP contribution < -0.4 is 5.32 Å². The third-order valence-electron chi connectivity index (χ3n) is 3.08. The van der Waals surface area contributed by atoms with Gasteiger partial charge in [-0.2, -0.15) is 13.2 Å². The van der Waals surface area contributed by atoms with E-state index in [9.17, 15) is 18.0 Å². The second-order valence-corrected chi connectivity index (χ2v) is 7.50. The van der Waals surface area contributed by atoms with E-state index in [4.69, 9.17) is 4.74 Å². The lowest BCUT2D eigenvalue weighted by Crippen LogP contribution is -2.16. The molecular formula is C16H15BrF3NO2S. The van der Waals surface area contributed by atoms with Gasteiger partial charge >= 0.3 is 12.1 Å². The van der Waals surface area contributed by atoms with Gasteiger partial charge in [-0.15, -0.1) is 11.3 Å². The molecule has 0 aliphatic rings. The van der Waals surface area contributed by atoms with Crippen molar-refractivity contribution >= 4 is 38.9 Å². The average Bonchev–Trinajstić information content (AvgIpc) is 2.95. The van der Waals surface area contributed by atoms with Crippen LogP contribution in [0.15, 0.2) is 34.1 Å². The Morgan fingerprint density at radius 3 is 2.62 bits per heavy atom. The second kappa shape index (κ2) is 8.02. The average molecular weight is 422 g/mol. The number of esters is 1. The maximum atomic E-state index is 13.2. The molecule has 0 amide bonds. The summed E-state index contributed by atoms with van der Waals surface area (Å²) in [5.41, 5.74) is -1.18. The minimum Gasteiger partial charge on any atom is -0.462 e. The van der Waals surface area contributed by atoms with E-state index in [0.717, 1.165) is 20.8 Å². The standard InChI is InChI=1S/C16H15BrF3NO2S/c1-2-7-23-15(22)12-5-3-10(8-13(12)16(18,19)20)21-9-11-4-6-14(17)24-11/h3-6,8,21H,2,7,9H2,1H3. The number of halogens is 4. The number of nitrogens with one attached hydrogen (secondary N) is 1. The number of rotatable bonds is 6. The van der Waals surface area contributed by atoms with Gasteiger partial charge in [0.25, 0.3) is 0 Å². The molecule has 1 aromatic heterocycles. The van der Waals surface area contributed by atoms with E-state index in [0.29, 0.717) is 18.7 Å². The quantitative estimate of drug-likeness (QED) is 0.607. The number of ether oxygens (including phenoxy) is 1. The topological polar surface area (TPSA) is 38.3 Å². The van der Waals surface area contributed by atoms with Crippen molar-refractivity contribution < 1.29 is 22.7 Å². The van der Waals surface area contributed by atoms with E-state index in [1.165, 1.54) is 17.4 Å². The molecule has 2 rings (SSSR count). The van der Waals surface area contributed by atoms with E-state index < -0.39 is 23.3 Å². The normalized spacial score (nSPS) is 11.4. The summed E-state index contributed by atoms with van der Waals surface area (Å²) in [4.78, 5) is 12.8. The molecule has 0 saturated heterocycles. The number of benzene rings is 1. The van der Waals surface area contributed by atoms with Crippen molar-refractivity contribution in [2.75, 3.05) is 11.9 Å². The molecule has 0 aliphatic carbocycles. The minimum absolute atomic E-state index is 0.0867. The van der Waals surface area contributed by atoms with Gasteiger partial charge in [0.15, 0.2) is 0 Å². The van der Waals surface area contributed by atoms with Crippen LogP contribution in [0.1, 0.15) is 34.1 Å². The van der Waals surface area contributed by atoms with Crippen LogP contribution >= 0.6 is 27.3 Å². The first-order valence-electron chi connectivity index (χ1n) is 7.17. The summed E-state index contributed by atoms with van der Waals surface area (Å²) < 4.78 is 45.5. The van der Waals surface area contributed by atoms with Gasteiger partial charge in [0, 0.05) is 17.1 Å². The van der Waals surface area contributed by atoms with Crippen molar-refractivity contribution in [2.24, 2.45) is 0 Å². The SMILES string of the molecule is CCCOC(=O)c1ccc(NCc2ccc(Br)s2)cc1C(F)(F)F. The first-order chi connectivity index (χ1) is 11.3. The van der Waals surface area contributed by atoms with Crippen LogP contribution in [0.5, 0.6) is 0 Å². The molecule has 0 radical (unpaired) electrons. The van der Waals surface area contributed by atoms with Crippen LogP contribution in [0.3, 0.4) is 0 Å². The largest absolute Gasteiger partial charge is 0.462 e. The summed E-state index contributed by atoms with van der Waals surface area (Å²) in [6.07, 6.45) is -4.09. The van der Waals surface area contributed by atoms with E-state index in [1.54, 1.807) is 6.92 Å². The molecule has 130 valence electrons. The van der Waals surface area contributed by atoms with Gasteiger partial charge in [-0.25, -0.2) is 4.79 Å². The Kier molecular flexibility index (Phi) is 6.28. The van der Waals surface area contributed by atoms with Crippen molar-refractivity contribution in [3.8, 4) is 0 Å². The predicted molar refractivity (Wildman–Crippen MR) is 91.4 cm³/mol. The second-order valence-electron chi connectivity index (χ2n) is 4.95. The Hall–Kier alpha value is -1.54. The van der Waals surface area contributed by atoms with Gasteiger partial charge in [-0.3, -0.25) is 0 Å². The fourth-order valence-electron chi connectivity index (χ4n) is 1.98. The zero-order chi connectivity index (χ0) is 17.7. The number of carbonyl (C=O) groups is 1. The summed E-state index contributed by atoms with van der Waals surface area (Å²) >= 11 is 4.82. The molecule has 0 fully saturated rings. The van der Waals surface area contributed by atoms with Crippen LogP contribution in [0.4, 0.5) is 18.9 Å². The van der Waals surface area contributed by atoms with Gasteiger partial charge in [0.05, 0.1) is 21.5 Å². The van der Waals surface area contributed by atoms with E-state index >= 15 is 0 Å². The Labute approximate surface area is 150 Å². The molecule has 0 aliphatic heterocycles. The van der Waals surface area contributed by atoms with Gasteiger partial charge in [-0.05, 0) is 52.7 Å². The van der Waals surface area contributed by atoms with Crippen LogP contribution in [0.2, 0.25) is 0 Å². The maximum Gasteiger partial charge on any atom is 0.417 e. The molecule has 0 saturated carbocycles. The monoisotopic (exact) mass is 421 g/mol. The van der Waals surface area contributed by atoms with Crippen molar-refractivity contribution in [1.82, 2.24) is 0 Å². The minimum atomic E-state index is -4.63. The predicted octanol–water partition coefficient (Wildman–Crippen LogP) is 5.71. The van der Waals surface area contributed by atoms with Crippen LogP contribution in [-0.4, -0.2) is 12.6 Å². The Morgan fingerprint density at radius 2 is 2.04 bits per heavy atom. The fourth-order valence-corrected chi connectivity index (χ4v) is 3.40. The first-order valence-corrected chi connectivity index (χ1v) is 8.78. The smallest absolute Gasteiger partial charge is 0.417 e. The Balaban J connectivity index is 2.20. The zero-order valence-electron chi connectivity index (χ0n) is 12.7. The molecule has 1 aromatic carbocycles. The van der Waals surface area contributed by atoms with Crippen molar-refractivity contribution in [1.29, 1.82) is 0 Å². The number of anilines is 1. The Morgan fingerprint density at radius 1 is 1.29 bits per heavy atom. The lowest BCUT2D eigenvalue weighted by Gasteiger charge is -2.14. The van der Waals surface area contributed by atoms with E-state index in [2.05, 4.69) is 21.2 Å². The van der Waals surface area contributed by atoms with Gasteiger partial charge in [0.1, 0.15) is 0 Å². The van der Waals surface area contributed by atoms with Gasteiger partial charge in [0.2, 0.25) is 0 Å². The molecule has 3 nitrogen and oxygen atoms in total. The summed E-state index contributed by atoms with van der Waals surface area (Å²) in [5, 5.41) is 2.93. The highest BCUT2D eigenvalue weighted by atomic mass is 79.9. The van der Waals surface area contributed by atoms with Crippen molar-refractivity contribution in [2.45, 2.75) is 26.1 Å². The number of thiophene rings is 1. The molecule has 1 N–H and O–H groups in total. The summed E-state index contributed by atoms with van der Waals surface area (Å²) in [7, 11) is 0. The number of hydrogen-bond donors (Lipinski definition) is 1. The number of carbonyl (C=O) groups excluding carboxylic acids is 1. The molecule has 24 heavy (non-hydrogen) atoms. The van der Waals surface area contributed by atoms with Crippen LogP contribution in [0, 0.1) is 0 Å². The lowest BCUT2D eigenvalue weighted by molar-refractivity contribution is -0.138. The van der Waals surface area contributed by atoms with Gasteiger partial charge < -0.3 is 10.1 Å². The highest BCUT2D eigenvalue weighted by Gasteiger charge is 2.36. The van der Waals surface area contributed by atoms with Crippen molar-refractivity contribution in [3.63, 3.8) is 0 Å². The highest BCUT2D eigenvalue weighted by Crippen LogP contribution is 2.34. The molecular weight excluding hydrogens is 407 g/mol. The van der Waals surface area contributed by atoms with Crippen LogP contribution in [-0.2, 0) is 17.5 Å². The fraction of sp³-hybridized carbons (Fsp3) is 0.312. The summed E-state index contributed by atoms with van der Waals surface area (Å²) in [6, 6.07) is 7.28. The molecule has 0 spiro atoms. The van der Waals surface area contributed by atoms with E-state index in [1.807, 2.05) is 12.1 Å². The molecule has 0 unspecified atom stereocenters. The third kappa shape index (κ3) is 4.98. The molecule has 2 aromatic rings. The van der Waals surface area contributed by atoms with Crippen LogP contribution in [0.25, 0.3) is 0 Å². The van der Waals surface area contributed by atoms with Crippen molar-refractivity contribution in [3.05, 3.63) is 50.1 Å². The van der Waals surface area contributed by atoms with E-state index in [-0.39, 0.29) is 6.61 Å². The third-order valence-corrected chi connectivity index (χ3v) is 4.70. The maximum absolute atomic E-state index is 13.2. The molecule has 8 heteroatoms.